The summed E-state index contributed by atoms with van der Waals surface area (Å²) in [5.41, 5.74) is 5.86. The summed E-state index contributed by atoms with van der Waals surface area (Å²) in [4.78, 5) is 0. The molecule has 1 aromatic rings. The summed E-state index contributed by atoms with van der Waals surface area (Å²) < 4.78 is 13.5. The van der Waals surface area contributed by atoms with Gasteiger partial charge in [-0.25, -0.2) is 4.39 Å². The third kappa shape index (κ3) is 2.11. The smallest absolute Gasteiger partial charge is 0.129 e. The van der Waals surface area contributed by atoms with Gasteiger partial charge in [0.2, 0.25) is 0 Å². The number of hydrogen-bond acceptors (Lipinski definition) is 2. The molecule has 0 bridgehead atoms. The molecule has 3 N–H and O–H groups in total. The Balaban J connectivity index is 2.24. The summed E-state index contributed by atoms with van der Waals surface area (Å²) in [6, 6.07) is 6.33. The zero-order valence-electron chi connectivity index (χ0n) is 9.32. The van der Waals surface area contributed by atoms with E-state index in [2.05, 4.69) is 0 Å². The first-order valence-corrected chi connectivity index (χ1v) is 5.85. The largest absolute Gasteiger partial charge is 0.386 e. The lowest BCUT2D eigenvalue weighted by Crippen LogP contribution is -2.47. The highest BCUT2D eigenvalue weighted by atomic mass is 19.1. The van der Waals surface area contributed by atoms with Crippen molar-refractivity contribution >= 4 is 0 Å². The van der Waals surface area contributed by atoms with E-state index in [1.54, 1.807) is 18.2 Å². The van der Waals surface area contributed by atoms with Gasteiger partial charge in [-0.2, -0.15) is 0 Å². The molecule has 0 amide bonds. The first-order chi connectivity index (χ1) is 7.63. The van der Waals surface area contributed by atoms with Crippen molar-refractivity contribution in [3.05, 3.63) is 35.6 Å². The lowest BCUT2D eigenvalue weighted by Gasteiger charge is -2.37. The molecule has 1 aromatic carbocycles. The summed E-state index contributed by atoms with van der Waals surface area (Å²) in [7, 11) is 0. The van der Waals surface area contributed by atoms with E-state index in [4.69, 9.17) is 5.73 Å². The number of benzene rings is 1. The molecule has 0 spiro atoms. The van der Waals surface area contributed by atoms with Gasteiger partial charge in [0.15, 0.2) is 0 Å². The van der Waals surface area contributed by atoms with Gasteiger partial charge in [-0.05, 0) is 18.9 Å². The van der Waals surface area contributed by atoms with E-state index >= 15 is 0 Å². The van der Waals surface area contributed by atoms with E-state index < -0.39 is 11.6 Å². The second-order valence-corrected chi connectivity index (χ2v) is 4.72. The van der Waals surface area contributed by atoms with Gasteiger partial charge in [-0.15, -0.1) is 0 Å². The van der Waals surface area contributed by atoms with Crippen LogP contribution in [0.4, 0.5) is 4.39 Å². The third-order valence-corrected chi connectivity index (χ3v) is 3.53. The van der Waals surface area contributed by atoms with Crippen LogP contribution in [0.5, 0.6) is 0 Å². The van der Waals surface area contributed by atoms with E-state index in [1.165, 1.54) is 6.07 Å². The van der Waals surface area contributed by atoms with E-state index in [0.717, 1.165) is 32.1 Å². The van der Waals surface area contributed by atoms with Crippen molar-refractivity contribution in [2.45, 2.75) is 43.7 Å². The molecule has 1 aliphatic rings. The van der Waals surface area contributed by atoms with Gasteiger partial charge in [0.1, 0.15) is 5.82 Å². The fourth-order valence-corrected chi connectivity index (χ4v) is 2.49. The summed E-state index contributed by atoms with van der Waals surface area (Å²) in [6.45, 7) is 0. The maximum absolute atomic E-state index is 13.5. The second kappa shape index (κ2) is 4.52. The summed E-state index contributed by atoms with van der Waals surface area (Å²) >= 11 is 0. The minimum absolute atomic E-state index is 0.326. The van der Waals surface area contributed by atoms with Gasteiger partial charge < -0.3 is 10.8 Å². The molecule has 0 heterocycles. The van der Waals surface area contributed by atoms with Gasteiger partial charge in [0.25, 0.3) is 0 Å². The van der Waals surface area contributed by atoms with Crippen molar-refractivity contribution < 1.29 is 9.50 Å². The van der Waals surface area contributed by atoms with Crippen LogP contribution in [0.2, 0.25) is 0 Å². The predicted molar refractivity (Wildman–Crippen MR) is 61.4 cm³/mol. The van der Waals surface area contributed by atoms with Gasteiger partial charge in [-0.1, -0.05) is 37.5 Å². The standard InChI is InChI=1S/C13H18FNO/c14-11-7-3-2-6-10(11)12(16)13(15)8-4-1-5-9-13/h2-3,6-7,12,16H,1,4-5,8-9,15H2. The van der Waals surface area contributed by atoms with Crippen LogP contribution < -0.4 is 5.73 Å². The van der Waals surface area contributed by atoms with Crippen LogP contribution in [-0.4, -0.2) is 10.6 Å². The Labute approximate surface area is 95.3 Å². The van der Waals surface area contributed by atoms with E-state index in [9.17, 15) is 9.50 Å². The Hall–Kier alpha value is -0.930. The van der Waals surface area contributed by atoms with Gasteiger partial charge in [0, 0.05) is 11.1 Å². The third-order valence-electron chi connectivity index (χ3n) is 3.53. The molecule has 0 saturated heterocycles. The molecule has 16 heavy (non-hydrogen) atoms. The number of halogens is 1. The lowest BCUT2D eigenvalue weighted by molar-refractivity contribution is 0.0559. The van der Waals surface area contributed by atoms with Crippen LogP contribution in [-0.2, 0) is 0 Å². The Morgan fingerprint density at radius 2 is 1.81 bits per heavy atom. The minimum atomic E-state index is -0.894. The van der Waals surface area contributed by atoms with Crippen molar-refractivity contribution in [1.29, 1.82) is 0 Å². The Morgan fingerprint density at radius 1 is 1.19 bits per heavy atom. The summed E-state index contributed by atoms with van der Waals surface area (Å²) in [6.07, 6.45) is 3.83. The molecular formula is C13H18FNO. The fourth-order valence-electron chi connectivity index (χ4n) is 2.49. The van der Waals surface area contributed by atoms with Crippen LogP contribution in [0.15, 0.2) is 24.3 Å². The van der Waals surface area contributed by atoms with Crippen molar-refractivity contribution in [3.8, 4) is 0 Å². The quantitative estimate of drug-likeness (QED) is 0.809. The van der Waals surface area contributed by atoms with Crippen LogP contribution >= 0.6 is 0 Å². The molecule has 0 radical (unpaired) electrons. The van der Waals surface area contributed by atoms with Crippen molar-refractivity contribution in [2.75, 3.05) is 0 Å². The van der Waals surface area contributed by atoms with Crippen LogP contribution in [0.1, 0.15) is 43.8 Å². The topological polar surface area (TPSA) is 46.2 Å². The van der Waals surface area contributed by atoms with Crippen molar-refractivity contribution in [2.24, 2.45) is 5.73 Å². The number of nitrogens with two attached hydrogens (primary N) is 1. The highest BCUT2D eigenvalue weighted by molar-refractivity contribution is 5.23. The second-order valence-electron chi connectivity index (χ2n) is 4.72. The Morgan fingerprint density at radius 3 is 2.44 bits per heavy atom. The maximum atomic E-state index is 13.5. The van der Waals surface area contributed by atoms with Crippen LogP contribution in [0.3, 0.4) is 0 Å². The average molecular weight is 223 g/mol. The SMILES string of the molecule is NC1(C(O)c2ccccc2F)CCCCC1. The van der Waals surface area contributed by atoms with Crippen LogP contribution in [0, 0.1) is 5.82 Å². The fraction of sp³-hybridized carbons (Fsp3) is 0.538. The molecule has 2 rings (SSSR count). The van der Waals surface area contributed by atoms with Crippen LogP contribution in [0.25, 0.3) is 0 Å². The van der Waals surface area contributed by atoms with Gasteiger partial charge >= 0.3 is 0 Å². The monoisotopic (exact) mass is 223 g/mol. The summed E-state index contributed by atoms with van der Waals surface area (Å²) in [5.74, 6) is -0.370. The highest BCUT2D eigenvalue weighted by Gasteiger charge is 2.36. The predicted octanol–water partition coefficient (Wildman–Crippen LogP) is 2.52. The zero-order valence-corrected chi connectivity index (χ0v) is 9.32. The molecular weight excluding hydrogens is 205 g/mol. The molecule has 1 unspecified atom stereocenters. The highest BCUT2D eigenvalue weighted by Crippen LogP contribution is 2.36. The molecule has 1 atom stereocenters. The Kier molecular flexibility index (Phi) is 3.26. The Bertz CT molecular complexity index is 361. The van der Waals surface area contributed by atoms with Crippen molar-refractivity contribution in [3.63, 3.8) is 0 Å². The van der Waals surface area contributed by atoms with Crippen molar-refractivity contribution in [1.82, 2.24) is 0 Å². The maximum Gasteiger partial charge on any atom is 0.129 e. The first-order valence-electron chi connectivity index (χ1n) is 5.85. The lowest BCUT2D eigenvalue weighted by atomic mass is 9.76. The zero-order chi connectivity index (χ0) is 11.6. The number of aliphatic hydroxyl groups is 1. The molecule has 2 nitrogen and oxygen atoms in total. The summed E-state index contributed by atoms with van der Waals surface area (Å²) in [5, 5.41) is 10.2. The van der Waals surface area contributed by atoms with E-state index in [1.807, 2.05) is 0 Å². The molecule has 3 heteroatoms. The molecule has 0 aromatic heterocycles. The molecule has 1 saturated carbocycles. The number of hydrogen-bond donors (Lipinski definition) is 2. The number of rotatable bonds is 2. The van der Waals surface area contributed by atoms with Gasteiger partial charge in [0.05, 0.1) is 6.10 Å². The van der Waals surface area contributed by atoms with Gasteiger partial charge in [-0.3, -0.25) is 0 Å². The molecule has 1 aliphatic carbocycles. The molecule has 1 fully saturated rings. The molecule has 88 valence electrons. The molecule has 0 aliphatic heterocycles. The van der Waals surface area contributed by atoms with E-state index in [0.29, 0.717) is 5.56 Å². The average Bonchev–Trinajstić information content (AvgIpc) is 2.30. The normalized spacial score (nSPS) is 21.7. The minimum Gasteiger partial charge on any atom is -0.386 e. The van der Waals surface area contributed by atoms with E-state index in [-0.39, 0.29) is 5.82 Å². The number of aliphatic hydroxyl groups excluding tert-OH is 1. The first kappa shape index (κ1) is 11.6.